The molecule has 1 aliphatic carbocycles. The van der Waals surface area contributed by atoms with E-state index in [0.29, 0.717) is 12.1 Å². The second-order valence-corrected chi connectivity index (χ2v) is 9.91. The van der Waals surface area contributed by atoms with Crippen molar-refractivity contribution in [2.24, 2.45) is 0 Å². The van der Waals surface area contributed by atoms with Gasteiger partial charge >= 0.3 is 6.09 Å². The van der Waals surface area contributed by atoms with Crippen molar-refractivity contribution in [1.29, 1.82) is 0 Å². The number of aryl methyl sites for hydroxylation is 1. The Kier molecular flexibility index (Phi) is 5.05. The van der Waals surface area contributed by atoms with Gasteiger partial charge in [-0.25, -0.2) is 31.7 Å². The van der Waals surface area contributed by atoms with Crippen molar-refractivity contribution in [3.8, 4) is 0 Å². The van der Waals surface area contributed by atoms with Crippen LogP contribution >= 0.6 is 0 Å². The Morgan fingerprint density at radius 1 is 1.12 bits per heavy atom. The van der Waals surface area contributed by atoms with E-state index in [1.165, 1.54) is 21.1 Å². The summed E-state index contributed by atoms with van der Waals surface area (Å²) < 4.78 is 34.3. The smallest absolute Gasteiger partial charge is 0.419 e. The van der Waals surface area contributed by atoms with Gasteiger partial charge in [0, 0.05) is 30.2 Å². The van der Waals surface area contributed by atoms with Crippen molar-refractivity contribution in [3.05, 3.63) is 78.6 Å². The quantitative estimate of drug-likeness (QED) is 0.464. The number of carbonyl (C=O) groups is 1. The molecule has 0 spiro atoms. The van der Waals surface area contributed by atoms with Crippen LogP contribution in [0.15, 0.2) is 72.4 Å². The van der Waals surface area contributed by atoms with Gasteiger partial charge in [0.15, 0.2) is 5.65 Å². The van der Waals surface area contributed by atoms with Crippen LogP contribution in [0.2, 0.25) is 0 Å². The molecule has 164 valence electrons. The topological polar surface area (TPSA) is 96.1 Å². The van der Waals surface area contributed by atoms with Gasteiger partial charge in [-0.3, -0.25) is 0 Å². The van der Waals surface area contributed by atoms with Crippen LogP contribution in [-0.4, -0.2) is 39.1 Å². The summed E-state index contributed by atoms with van der Waals surface area (Å²) in [5.74, 6) is 0.199. The number of nitrogens with zero attached hydrogens (tertiary/aromatic N) is 4. The molecule has 5 rings (SSSR count). The van der Waals surface area contributed by atoms with Crippen LogP contribution in [0.1, 0.15) is 36.3 Å². The fourth-order valence-corrected chi connectivity index (χ4v) is 5.49. The maximum absolute atomic E-state index is 13.1. The number of fused-ring (bicyclic) bond motifs is 1. The van der Waals surface area contributed by atoms with Crippen LogP contribution in [0.25, 0.3) is 11.0 Å². The summed E-state index contributed by atoms with van der Waals surface area (Å²) in [5.41, 5.74) is 2.41. The highest BCUT2D eigenvalue weighted by Crippen LogP contribution is 2.37. The molecule has 1 aliphatic rings. The van der Waals surface area contributed by atoms with E-state index < -0.39 is 16.1 Å². The fraction of sp³-hybridized carbons (Fsp3) is 0.261. The molecule has 0 radical (unpaired) electrons. The van der Waals surface area contributed by atoms with E-state index in [9.17, 15) is 13.2 Å². The summed E-state index contributed by atoms with van der Waals surface area (Å²) in [6, 6.07) is 10.5. The first-order chi connectivity index (χ1) is 15.4. The minimum absolute atomic E-state index is 0.169. The van der Waals surface area contributed by atoms with Gasteiger partial charge in [-0.05, 0) is 61.9 Å². The minimum Gasteiger partial charge on any atom is -0.446 e. The Bertz CT molecular complexity index is 1380. The van der Waals surface area contributed by atoms with Gasteiger partial charge in [-0.2, -0.15) is 0 Å². The summed E-state index contributed by atoms with van der Waals surface area (Å²) in [7, 11) is -3.73. The van der Waals surface area contributed by atoms with Crippen molar-refractivity contribution < 1.29 is 17.9 Å². The number of aromatic nitrogens is 4. The first-order valence-electron chi connectivity index (χ1n) is 10.4. The number of hydrogen-bond acceptors (Lipinski definition) is 6. The molecule has 32 heavy (non-hydrogen) atoms. The summed E-state index contributed by atoms with van der Waals surface area (Å²) in [6.45, 7) is 1.91. The zero-order chi connectivity index (χ0) is 22.3. The maximum atomic E-state index is 13.1. The second kappa shape index (κ2) is 7.90. The van der Waals surface area contributed by atoms with E-state index in [-0.39, 0.29) is 16.9 Å². The number of imidazole rings is 1. The van der Waals surface area contributed by atoms with Crippen molar-refractivity contribution in [2.45, 2.75) is 43.1 Å². The molecule has 2 atom stereocenters. The highest BCUT2D eigenvalue weighted by molar-refractivity contribution is 7.90. The van der Waals surface area contributed by atoms with Crippen LogP contribution in [0.3, 0.4) is 0 Å². The average Bonchev–Trinajstić information content (AvgIpc) is 3.54. The molecule has 8 nitrogen and oxygen atoms in total. The highest BCUT2D eigenvalue weighted by atomic mass is 32.2. The van der Waals surface area contributed by atoms with Crippen LogP contribution in [0, 0.1) is 6.92 Å². The third kappa shape index (κ3) is 3.69. The lowest BCUT2D eigenvalue weighted by Crippen LogP contribution is -2.19. The number of ether oxygens (including phenoxy) is 1. The molecule has 0 bridgehead atoms. The van der Waals surface area contributed by atoms with Gasteiger partial charge in [0.1, 0.15) is 12.4 Å². The molecule has 1 saturated carbocycles. The van der Waals surface area contributed by atoms with E-state index in [4.69, 9.17) is 4.74 Å². The summed E-state index contributed by atoms with van der Waals surface area (Å²) in [5, 5.41) is 0.761. The van der Waals surface area contributed by atoms with Crippen molar-refractivity contribution in [2.75, 3.05) is 0 Å². The van der Waals surface area contributed by atoms with Crippen molar-refractivity contribution in [3.63, 3.8) is 0 Å². The van der Waals surface area contributed by atoms with Gasteiger partial charge in [0.05, 0.1) is 4.90 Å². The minimum atomic E-state index is -3.73. The first kappa shape index (κ1) is 20.4. The Labute approximate surface area is 185 Å². The maximum Gasteiger partial charge on any atom is 0.419 e. The van der Waals surface area contributed by atoms with Gasteiger partial charge < -0.3 is 4.74 Å². The summed E-state index contributed by atoms with van der Waals surface area (Å²) >= 11 is 0. The molecule has 9 heteroatoms. The monoisotopic (exact) mass is 450 g/mol. The van der Waals surface area contributed by atoms with Gasteiger partial charge in [-0.1, -0.05) is 17.7 Å². The zero-order valence-corrected chi connectivity index (χ0v) is 18.3. The number of pyridine rings is 1. The van der Waals surface area contributed by atoms with E-state index in [0.717, 1.165) is 29.4 Å². The molecular formula is C23H22N4O4S. The molecule has 3 aromatic heterocycles. The lowest BCUT2D eigenvalue weighted by Gasteiger charge is -2.13. The molecule has 1 fully saturated rings. The average molecular weight is 451 g/mol. The van der Waals surface area contributed by atoms with Crippen molar-refractivity contribution in [1.82, 2.24) is 18.5 Å². The lowest BCUT2D eigenvalue weighted by molar-refractivity contribution is 0.101. The van der Waals surface area contributed by atoms with Crippen LogP contribution in [-0.2, 0) is 14.8 Å². The van der Waals surface area contributed by atoms with E-state index in [1.54, 1.807) is 48.9 Å². The molecule has 0 aliphatic heterocycles. The van der Waals surface area contributed by atoms with Gasteiger partial charge in [0.25, 0.3) is 10.0 Å². The van der Waals surface area contributed by atoms with Crippen LogP contribution < -0.4 is 0 Å². The van der Waals surface area contributed by atoms with E-state index in [1.807, 2.05) is 13.0 Å². The SMILES string of the molecule is Cc1ccc(S(=O)(=O)n2ccc3cc([C@H]4CC[C@@H](OC(=O)n5ccnc5)C4)cnc32)cc1. The van der Waals surface area contributed by atoms with E-state index >= 15 is 0 Å². The normalized spacial score (nSPS) is 18.8. The Morgan fingerprint density at radius 3 is 2.69 bits per heavy atom. The Hall–Kier alpha value is -3.46. The molecule has 0 amide bonds. The number of rotatable bonds is 4. The Morgan fingerprint density at radius 2 is 1.94 bits per heavy atom. The molecule has 1 aromatic carbocycles. The van der Waals surface area contributed by atoms with Gasteiger partial charge in [0.2, 0.25) is 0 Å². The number of carbonyl (C=O) groups excluding carboxylic acids is 1. The zero-order valence-electron chi connectivity index (χ0n) is 17.5. The summed E-state index contributed by atoms with van der Waals surface area (Å²) in [6.07, 6.45) is 9.53. The fourth-order valence-electron chi connectivity index (χ4n) is 4.18. The highest BCUT2D eigenvalue weighted by Gasteiger charge is 2.30. The molecule has 0 N–H and O–H groups in total. The number of benzene rings is 1. The third-order valence-electron chi connectivity index (χ3n) is 5.93. The predicted octanol–water partition coefficient (Wildman–Crippen LogP) is 4.10. The largest absolute Gasteiger partial charge is 0.446 e. The Balaban J connectivity index is 1.35. The van der Waals surface area contributed by atoms with Crippen molar-refractivity contribution >= 4 is 27.1 Å². The molecule has 3 heterocycles. The first-order valence-corrected chi connectivity index (χ1v) is 11.8. The molecule has 0 unspecified atom stereocenters. The molecular weight excluding hydrogens is 428 g/mol. The van der Waals surface area contributed by atoms with E-state index in [2.05, 4.69) is 9.97 Å². The van der Waals surface area contributed by atoms with Crippen LogP contribution in [0.5, 0.6) is 0 Å². The predicted molar refractivity (Wildman–Crippen MR) is 118 cm³/mol. The number of hydrogen-bond donors (Lipinski definition) is 0. The van der Waals surface area contributed by atoms with Gasteiger partial charge in [-0.15, -0.1) is 0 Å². The lowest BCUT2D eigenvalue weighted by atomic mass is 9.99. The molecule has 0 saturated heterocycles. The third-order valence-corrected chi connectivity index (χ3v) is 7.61. The standard InChI is InChI=1S/C23H22N4O4S/c1-16-2-6-21(7-3-16)32(29,30)27-10-8-18-12-19(14-25-22(18)27)17-4-5-20(13-17)31-23(28)26-11-9-24-15-26/h2-3,6-12,14-15,17,20H,4-5,13H2,1H3/t17-,20+/m0/s1. The second-order valence-electron chi connectivity index (χ2n) is 8.10. The van der Waals surface area contributed by atoms with Crippen LogP contribution in [0.4, 0.5) is 4.79 Å². The molecule has 4 aromatic rings. The summed E-state index contributed by atoms with van der Waals surface area (Å²) in [4.78, 5) is 20.7.